The van der Waals surface area contributed by atoms with Crippen LogP contribution in [0.15, 0.2) is 24.3 Å². The van der Waals surface area contributed by atoms with Crippen LogP contribution in [0, 0.1) is 11.8 Å². The number of benzene rings is 1. The van der Waals surface area contributed by atoms with E-state index in [1.807, 2.05) is 31.2 Å². The van der Waals surface area contributed by atoms with E-state index in [1.165, 1.54) is 4.90 Å². The van der Waals surface area contributed by atoms with E-state index in [1.54, 1.807) is 7.05 Å². The highest BCUT2D eigenvalue weighted by Crippen LogP contribution is 2.64. The number of β-amino-alcohol motifs (C(OH)–C–C–N with tert-alkyl or cyclic N) is 1. The Morgan fingerprint density at radius 3 is 2.38 bits per heavy atom. The first-order valence-corrected chi connectivity index (χ1v) is 12.3. The lowest BCUT2D eigenvalue weighted by molar-refractivity contribution is -0.146. The maximum absolute atomic E-state index is 13.7. The number of carbonyl (C=O) groups is 3. The largest absolute Gasteiger partial charge is 0.395 e. The highest BCUT2D eigenvalue weighted by molar-refractivity contribution is 6.03. The molecular weight excluding hydrogens is 436 g/mol. The minimum Gasteiger partial charge on any atom is -0.395 e. The van der Waals surface area contributed by atoms with Crippen molar-refractivity contribution in [1.29, 1.82) is 0 Å². The number of rotatable bonds is 9. The highest BCUT2D eigenvalue weighted by atomic mass is 16.5. The summed E-state index contributed by atoms with van der Waals surface area (Å²) < 4.78 is 6.58. The number of hydrogen-bond donors (Lipinski definition) is 3. The first-order valence-electron chi connectivity index (χ1n) is 12.3. The van der Waals surface area contributed by atoms with Crippen LogP contribution in [0.4, 0.5) is 11.4 Å². The fourth-order valence-corrected chi connectivity index (χ4v) is 6.48. The molecule has 0 saturated carbocycles. The van der Waals surface area contributed by atoms with E-state index in [4.69, 9.17) is 4.74 Å². The van der Waals surface area contributed by atoms with Gasteiger partial charge >= 0.3 is 0 Å². The van der Waals surface area contributed by atoms with Gasteiger partial charge in [0, 0.05) is 38.1 Å². The van der Waals surface area contributed by atoms with Gasteiger partial charge in [0.2, 0.25) is 17.7 Å². The van der Waals surface area contributed by atoms with E-state index in [0.717, 1.165) is 18.8 Å². The molecule has 3 aliphatic heterocycles. The summed E-state index contributed by atoms with van der Waals surface area (Å²) in [5.41, 5.74) is -0.145. The van der Waals surface area contributed by atoms with Crippen molar-refractivity contribution in [2.24, 2.45) is 11.8 Å². The molecule has 1 aromatic rings. The Morgan fingerprint density at radius 1 is 1.15 bits per heavy atom. The Balaban J connectivity index is 1.66. The van der Waals surface area contributed by atoms with Crippen LogP contribution in [0.25, 0.3) is 0 Å². The summed E-state index contributed by atoms with van der Waals surface area (Å²) in [5, 5.41) is 15.3. The number of amides is 3. The van der Waals surface area contributed by atoms with Gasteiger partial charge in [0.25, 0.3) is 0 Å². The minimum atomic E-state index is -1.08. The molecule has 5 atom stereocenters. The summed E-state index contributed by atoms with van der Waals surface area (Å²) in [4.78, 5) is 43.8. The molecule has 0 aliphatic carbocycles. The van der Waals surface area contributed by atoms with E-state index in [-0.39, 0.29) is 30.9 Å². The molecule has 9 heteroatoms. The molecule has 3 fully saturated rings. The SMILES string of the molecule is CCN(CC)c1ccc(NC(=O)C2N(CCO)C(=O)[C@@H]3[C@@H](C(=O)NC)[C@@]4(CC)CCC23O4)cc1. The molecule has 3 aliphatic rings. The van der Waals surface area contributed by atoms with E-state index in [0.29, 0.717) is 24.9 Å². The van der Waals surface area contributed by atoms with Crippen molar-refractivity contribution in [2.75, 3.05) is 43.5 Å². The second-order valence-corrected chi connectivity index (χ2v) is 9.41. The number of nitrogens with one attached hydrogen (secondary N) is 2. The van der Waals surface area contributed by atoms with Crippen LogP contribution in [-0.4, -0.2) is 78.3 Å². The quantitative estimate of drug-likeness (QED) is 0.501. The number of carbonyl (C=O) groups excluding carboxylic acids is 3. The normalized spacial score (nSPS) is 31.5. The number of aliphatic hydroxyl groups excluding tert-OH is 1. The van der Waals surface area contributed by atoms with Gasteiger partial charge in [-0.3, -0.25) is 14.4 Å². The van der Waals surface area contributed by atoms with Crippen LogP contribution in [-0.2, 0) is 19.1 Å². The zero-order chi connectivity index (χ0) is 24.7. The summed E-state index contributed by atoms with van der Waals surface area (Å²) in [5.74, 6) is -2.29. The molecular formula is C25H36N4O5. The van der Waals surface area contributed by atoms with Gasteiger partial charge in [-0.2, -0.15) is 0 Å². The molecule has 9 nitrogen and oxygen atoms in total. The molecule has 3 N–H and O–H groups in total. The average molecular weight is 473 g/mol. The van der Waals surface area contributed by atoms with Gasteiger partial charge in [0.05, 0.1) is 24.0 Å². The molecule has 0 radical (unpaired) electrons. The minimum absolute atomic E-state index is 0.0129. The summed E-state index contributed by atoms with van der Waals surface area (Å²) in [6, 6.07) is 6.70. The lowest BCUT2D eigenvalue weighted by atomic mass is 9.65. The van der Waals surface area contributed by atoms with Crippen LogP contribution in [0.2, 0.25) is 0 Å². The van der Waals surface area contributed by atoms with E-state index in [2.05, 4.69) is 29.4 Å². The van der Waals surface area contributed by atoms with Crippen molar-refractivity contribution in [3.8, 4) is 0 Å². The molecule has 186 valence electrons. The van der Waals surface area contributed by atoms with Gasteiger partial charge in [-0.15, -0.1) is 0 Å². The smallest absolute Gasteiger partial charge is 0.250 e. The Morgan fingerprint density at radius 2 is 1.82 bits per heavy atom. The monoisotopic (exact) mass is 472 g/mol. The van der Waals surface area contributed by atoms with E-state index >= 15 is 0 Å². The van der Waals surface area contributed by atoms with Crippen molar-refractivity contribution in [1.82, 2.24) is 10.2 Å². The third-order valence-electron chi connectivity index (χ3n) is 8.06. The van der Waals surface area contributed by atoms with Crippen LogP contribution < -0.4 is 15.5 Å². The molecule has 34 heavy (non-hydrogen) atoms. The fraction of sp³-hybridized carbons (Fsp3) is 0.640. The van der Waals surface area contributed by atoms with Crippen molar-refractivity contribution >= 4 is 29.1 Å². The Bertz CT molecular complexity index is 949. The topological polar surface area (TPSA) is 111 Å². The number of hydrogen-bond acceptors (Lipinski definition) is 6. The molecule has 4 rings (SSSR count). The van der Waals surface area contributed by atoms with Gasteiger partial charge < -0.3 is 30.3 Å². The van der Waals surface area contributed by atoms with Gasteiger partial charge in [-0.1, -0.05) is 6.92 Å². The molecule has 3 saturated heterocycles. The summed E-state index contributed by atoms with van der Waals surface area (Å²) in [6.45, 7) is 7.64. The molecule has 3 heterocycles. The lowest BCUT2D eigenvalue weighted by Gasteiger charge is -2.33. The van der Waals surface area contributed by atoms with Gasteiger partial charge in [-0.05, 0) is 57.4 Å². The third-order valence-corrected chi connectivity index (χ3v) is 8.06. The zero-order valence-electron chi connectivity index (χ0n) is 20.5. The molecule has 1 spiro atoms. The van der Waals surface area contributed by atoms with Gasteiger partial charge in [-0.25, -0.2) is 0 Å². The highest BCUT2D eigenvalue weighted by Gasteiger charge is 2.78. The third kappa shape index (κ3) is 3.48. The average Bonchev–Trinajstić information content (AvgIpc) is 3.44. The first-order chi connectivity index (χ1) is 16.3. The molecule has 3 amide bonds. The van der Waals surface area contributed by atoms with E-state index in [9.17, 15) is 19.5 Å². The second kappa shape index (κ2) is 9.19. The maximum atomic E-state index is 13.7. The number of ether oxygens (including phenoxy) is 1. The molecule has 0 aromatic heterocycles. The number of likely N-dealkylation sites (tertiary alicyclic amines) is 1. The summed E-state index contributed by atoms with van der Waals surface area (Å²) in [6.07, 6.45) is 1.71. The number of anilines is 2. The van der Waals surface area contributed by atoms with Crippen molar-refractivity contribution in [3.63, 3.8) is 0 Å². The first kappa shape index (κ1) is 24.5. The lowest BCUT2D eigenvalue weighted by Crippen LogP contribution is -2.53. The zero-order valence-corrected chi connectivity index (χ0v) is 20.5. The van der Waals surface area contributed by atoms with Crippen LogP contribution in [0.3, 0.4) is 0 Å². The molecule has 2 bridgehead atoms. The van der Waals surface area contributed by atoms with Crippen LogP contribution in [0.5, 0.6) is 0 Å². The van der Waals surface area contributed by atoms with Gasteiger partial charge in [0.1, 0.15) is 11.6 Å². The summed E-state index contributed by atoms with van der Waals surface area (Å²) >= 11 is 0. The van der Waals surface area contributed by atoms with Crippen molar-refractivity contribution in [2.45, 2.75) is 57.3 Å². The van der Waals surface area contributed by atoms with Crippen molar-refractivity contribution < 1.29 is 24.2 Å². The Kier molecular flexibility index (Phi) is 6.61. The Labute approximate surface area is 200 Å². The standard InChI is InChI=1S/C25H36N4O5/c1-5-24-12-13-25(34-24)19(18(24)21(31)26-4)23(33)29(14-15-30)20(25)22(32)27-16-8-10-17(11-9-16)28(6-2)7-3/h8-11,18-20,30H,5-7,12-15H2,1-4H3,(H,26,31)(H,27,32)/t18-,19-,20?,24+,25?/m0/s1. The predicted octanol–water partition coefficient (Wildman–Crippen LogP) is 1.36. The van der Waals surface area contributed by atoms with Crippen LogP contribution in [0.1, 0.15) is 40.0 Å². The van der Waals surface area contributed by atoms with Crippen LogP contribution >= 0.6 is 0 Å². The maximum Gasteiger partial charge on any atom is 0.250 e. The van der Waals surface area contributed by atoms with Gasteiger partial charge in [0.15, 0.2) is 0 Å². The summed E-state index contributed by atoms with van der Waals surface area (Å²) in [7, 11) is 1.56. The molecule has 2 unspecified atom stereocenters. The predicted molar refractivity (Wildman–Crippen MR) is 128 cm³/mol. The second-order valence-electron chi connectivity index (χ2n) is 9.41. The Hall–Kier alpha value is -2.65. The number of aliphatic hydroxyl groups is 1. The molecule has 1 aromatic carbocycles. The fourth-order valence-electron chi connectivity index (χ4n) is 6.48. The number of fused-ring (bicyclic) bond motifs is 1. The van der Waals surface area contributed by atoms with Crippen molar-refractivity contribution in [3.05, 3.63) is 24.3 Å². The van der Waals surface area contributed by atoms with E-state index < -0.39 is 29.1 Å². The number of nitrogens with zero attached hydrogens (tertiary/aromatic N) is 2.